The zero-order valence-corrected chi connectivity index (χ0v) is 11.8. The maximum absolute atomic E-state index is 12.0. The van der Waals surface area contributed by atoms with Gasteiger partial charge in [-0.25, -0.2) is 4.79 Å². The summed E-state index contributed by atoms with van der Waals surface area (Å²) < 4.78 is 4.98. The van der Waals surface area contributed by atoms with Gasteiger partial charge in [0.2, 0.25) is 0 Å². The van der Waals surface area contributed by atoms with Gasteiger partial charge in [0.05, 0.1) is 6.04 Å². The molecule has 1 heterocycles. The van der Waals surface area contributed by atoms with Gasteiger partial charge in [0.15, 0.2) is 5.78 Å². The van der Waals surface area contributed by atoms with Crippen molar-refractivity contribution in [3.05, 3.63) is 0 Å². The first-order valence-electron chi connectivity index (χ1n) is 6.12. The van der Waals surface area contributed by atoms with Crippen LogP contribution < -0.4 is 5.32 Å². The van der Waals surface area contributed by atoms with Crippen molar-refractivity contribution in [1.82, 2.24) is 10.4 Å². The van der Waals surface area contributed by atoms with Gasteiger partial charge in [0, 0.05) is 6.42 Å². The van der Waals surface area contributed by atoms with Gasteiger partial charge in [0.25, 0.3) is 11.8 Å². The van der Waals surface area contributed by atoms with Crippen LogP contribution in [0.2, 0.25) is 0 Å². The minimum absolute atomic E-state index is 0.0667. The van der Waals surface area contributed by atoms with Crippen molar-refractivity contribution < 1.29 is 29.1 Å². The minimum Gasteiger partial charge on any atom is -0.444 e. The average molecular weight is 286 g/mol. The second-order valence-corrected chi connectivity index (χ2v) is 5.57. The molecule has 2 atom stereocenters. The monoisotopic (exact) mass is 286 g/mol. The number of carbonyl (C=O) groups excluding carboxylic acids is 4. The van der Waals surface area contributed by atoms with Gasteiger partial charge in [-0.05, 0) is 27.7 Å². The minimum atomic E-state index is -1.27. The van der Waals surface area contributed by atoms with Gasteiger partial charge in [-0.3, -0.25) is 19.6 Å². The summed E-state index contributed by atoms with van der Waals surface area (Å²) in [6.07, 6.45) is -1.19. The Labute approximate surface area is 116 Å². The van der Waals surface area contributed by atoms with Gasteiger partial charge in [-0.1, -0.05) is 0 Å². The fourth-order valence-electron chi connectivity index (χ4n) is 1.70. The quantitative estimate of drug-likeness (QED) is 0.436. The highest BCUT2D eigenvalue weighted by Gasteiger charge is 2.44. The van der Waals surface area contributed by atoms with E-state index in [4.69, 9.17) is 9.94 Å². The summed E-state index contributed by atoms with van der Waals surface area (Å²) in [5.41, 5.74) is -0.714. The second kappa shape index (κ2) is 5.58. The van der Waals surface area contributed by atoms with Crippen molar-refractivity contribution in [3.8, 4) is 0 Å². The normalized spacial score (nSPS) is 20.9. The molecule has 20 heavy (non-hydrogen) atoms. The predicted octanol–water partition coefficient (Wildman–Crippen LogP) is 0.233. The van der Waals surface area contributed by atoms with Crippen molar-refractivity contribution in [1.29, 1.82) is 0 Å². The van der Waals surface area contributed by atoms with Gasteiger partial charge < -0.3 is 10.1 Å². The first kappa shape index (κ1) is 16.1. The van der Waals surface area contributed by atoms with E-state index < -0.39 is 47.7 Å². The largest absolute Gasteiger partial charge is 0.444 e. The Bertz CT molecular complexity index is 453. The number of hydroxylamine groups is 2. The SMILES string of the molecule is C[C@H](NC(=O)OC(C)(C)C)C(=O)C1CC(=O)N(O)C1=O. The fraction of sp³-hybridized carbons (Fsp3) is 0.667. The number of alkyl carbamates (subject to hydrolysis) is 1. The molecule has 3 amide bonds. The van der Waals surface area contributed by atoms with E-state index in [-0.39, 0.29) is 5.06 Å². The number of imide groups is 1. The first-order chi connectivity index (χ1) is 9.03. The van der Waals surface area contributed by atoms with Gasteiger partial charge in [0.1, 0.15) is 11.5 Å². The van der Waals surface area contributed by atoms with Crippen LogP contribution in [0.1, 0.15) is 34.1 Å². The van der Waals surface area contributed by atoms with E-state index in [0.717, 1.165) is 0 Å². The molecule has 1 aliphatic rings. The van der Waals surface area contributed by atoms with Crippen LogP contribution in [-0.4, -0.2) is 45.6 Å². The van der Waals surface area contributed by atoms with Crippen molar-refractivity contribution >= 4 is 23.7 Å². The van der Waals surface area contributed by atoms with Crippen molar-refractivity contribution in [2.24, 2.45) is 5.92 Å². The molecule has 0 aromatic heterocycles. The maximum atomic E-state index is 12.0. The third-order valence-electron chi connectivity index (χ3n) is 2.63. The Balaban J connectivity index is 2.62. The number of nitrogens with one attached hydrogen (secondary N) is 1. The predicted molar refractivity (Wildman–Crippen MR) is 65.6 cm³/mol. The van der Waals surface area contributed by atoms with Crippen LogP contribution >= 0.6 is 0 Å². The number of hydrogen-bond donors (Lipinski definition) is 2. The van der Waals surface area contributed by atoms with Crippen molar-refractivity contribution in [2.75, 3.05) is 0 Å². The van der Waals surface area contributed by atoms with Crippen molar-refractivity contribution in [3.63, 3.8) is 0 Å². The van der Waals surface area contributed by atoms with Crippen LogP contribution in [-0.2, 0) is 19.1 Å². The molecule has 0 bridgehead atoms. The van der Waals surface area contributed by atoms with Crippen LogP contribution in [0.4, 0.5) is 4.79 Å². The average Bonchev–Trinajstić information content (AvgIpc) is 2.53. The van der Waals surface area contributed by atoms with E-state index >= 15 is 0 Å². The Morgan fingerprint density at radius 1 is 1.40 bits per heavy atom. The molecule has 0 radical (unpaired) electrons. The number of rotatable bonds is 3. The molecule has 8 nitrogen and oxygen atoms in total. The summed E-state index contributed by atoms with van der Waals surface area (Å²) in [6.45, 7) is 6.38. The molecular formula is C12H18N2O6. The van der Waals surface area contributed by atoms with E-state index in [1.807, 2.05) is 0 Å². The third kappa shape index (κ3) is 3.77. The highest BCUT2D eigenvalue weighted by molar-refractivity contribution is 6.14. The summed E-state index contributed by atoms with van der Waals surface area (Å²) >= 11 is 0. The lowest BCUT2D eigenvalue weighted by molar-refractivity contribution is -0.172. The van der Waals surface area contributed by atoms with E-state index in [0.29, 0.717) is 0 Å². The third-order valence-corrected chi connectivity index (χ3v) is 2.63. The Morgan fingerprint density at radius 3 is 2.35 bits per heavy atom. The molecule has 0 aromatic carbocycles. The van der Waals surface area contributed by atoms with Crippen LogP contribution in [0.15, 0.2) is 0 Å². The molecular weight excluding hydrogens is 268 g/mol. The molecule has 1 fully saturated rings. The van der Waals surface area contributed by atoms with Gasteiger partial charge >= 0.3 is 6.09 Å². The van der Waals surface area contributed by atoms with Crippen LogP contribution in [0.25, 0.3) is 0 Å². The van der Waals surface area contributed by atoms with Crippen LogP contribution in [0.5, 0.6) is 0 Å². The molecule has 1 unspecified atom stereocenters. The van der Waals surface area contributed by atoms with E-state index in [1.165, 1.54) is 6.92 Å². The lowest BCUT2D eigenvalue weighted by Gasteiger charge is -2.22. The summed E-state index contributed by atoms with van der Waals surface area (Å²) in [5.74, 6) is -3.72. The maximum Gasteiger partial charge on any atom is 0.408 e. The van der Waals surface area contributed by atoms with E-state index in [9.17, 15) is 19.2 Å². The topological polar surface area (TPSA) is 113 Å². The summed E-state index contributed by atoms with van der Waals surface area (Å²) in [5, 5.41) is 11.3. The van der Waals surface area contributed by atoms with Crippen LogP contribution in [0.3, 0.4) is 0 Å². The Kier molecular flexibility index (Phi) is 4.49. The number of ketones is 1. The number of hydrogen-bond acceptors (Lipinski definition) is 6. The van der Waals surface area contributed by atoms with Gasteiger partial charge in [-0.2, -0.15) is 5.06 Å². The lowest BCUT2D eigenvalue weighted by atomic mass is 9.97. The summed E-state index contributed by atoms with van der Waals surface area (Å²) in [4.78, 5) is 46.1. The van der Waals surface area contributed by atoms with Crippen LogP contribution in [0, 0.1) is 5.92 Å². The molecule has 1 aliphatic heterocycles. The molecule has 112 valence electrons. The standard InChI is InChI=1S/C12H18N2O6/c1-6(13-11(18)20-12(2,3)4)9(16)7-5-8(15)14(19)10(7)17/h6-7,19H,5H2,1-4H3,(H,13,18)/t6-,7?/m0/s1. The first-order valence-corrected chi connectivity index (χ1v) is 6.12. The number of amides is 3. The fourth-order valence-corrected chi connectivity index (χ4v) is 1.70. The summed E-state index contributed by atoms with van der Waals surface area (Å²) in [6, 6.07) is -1.00. The second-order valence-electron chi connectivity index (χ2n) is 5.57. The number of ether oxygens (including phenoxy) is 1. The highest BCUT2D eigenvalue weighted by atomic mass is 16.6. The molecule has 0 aromatic rings. The van der Waals surface area contributed by atoms with Crippen molar-refractivity contribution in [2.45, 2.75) is 45.8 Å². The molecule has 0 saturated carbocycles. The zero-order valence-electron chi connectivity index (χ0n) is 11.8. The highest BCUT2D eigenvalue weighted by Crippen LogP contribution is 2.20. The van der Waals surface area contributed by atoms with E-state index in [2.05, 4.69) is 5.32 Å². The van der Waals surface area contributed by atoms with E-state index in [1.54, 1.807) is 20.8 Å². The molecule has 0 spiro atoms. The Morgan fingerprint density at radius 2 is 1.95 bits per heavy atom. The lowest BCUT2D eigenvalue weighted by Crippen LogP contribution is -2.45. The smallest absolute Gasteiger partial charge is 0.408 e. The Hall–Kier alpha value is -1.96. The molecule has 2 N–H and O–H groups in total. The zero-order chi connectivity index (χ0) is 15.7. The van der Waals surface area contributed by atoms with Gasteiger partial charge in [-0.15, -0.1) is 0 Å². The molecule has 1 rings (SSSR count). The molecule has 1 saturated heterocycles. The number of nitrogens with zero attached hydrogens (tertiary/aromatic N) is 1. The number of carbonyl (C=O) groups is 4. The number of Topliss-reactive ketones (excluding diaryl/α,β-unsaturated/α-hetero) is 1. The summed E-state index contributed by atoms with van der Waals surface area (Å²) in [7, 11) is 0. The molecule has 8 heteroatoms. The molecule has 0 aliphatic carbocycles.